The maximum Gasteiger partial charge on any atom is 0.257 e. The number of carbonyl (C=O) groups is 1. The van der Waals surface area contributed by atoms with E-state index in [1.54, 1.807) is 6.92 Å². The van der Waals surface area contributed by atoms with Crippen LogP contribution in [0.25, 0.3) is 0 Å². The van der Waals surface area contributed by atoms with Gasteiger partial charge in [0.15, 0.2) is 5.82 Å². The van der Waals surface area contributed by atoms with Gasteiger partial charge in [-0.25, -0.2) is 8.78 Å². The molecule has 2 rings (SSSR count). The normalized spacial score (nSPS) is 10.3. The van der Waals surface area contributed by atoms with Gasteiger partial charge in [-0.05, 0) is 19.1 Å². The first-order valence-electron chi connectivity index (χ1n) is 5.78. The zero-order chi connectivity index (χ0) is 14.7. The van der Waals surface area contributed by atoms with Gasteiger partial charge in [-0.1, -0.05) is 0 Å². The second-order valence-electron chi connectivity index (χ2n) is 4.16. The van der Waals surface area contributed by atoms with Crippen molar-refractivity contribution in [2.24, 2.45) is 0 Å². The number of rotatable bonds is 3. The Morgan fingerprint density at radius 2 is 2.05 bits per heavy atom. The molecule has 0 aliphatic heterocycles. The van der Waals surface area contributed by atoms with Crippen molar-refractivity contribution in [3.63, 3.8) is 0 Å². The topological polar surface area (TPSA) is 80.9 Å². The highest BCUT2D eigenvalue weighted by Gasteiger charge is 2.19. The first-order valence-corrected chi connectivity index (χ1v) is 5.78. The number of hydrogen-bond acceptors (Lipinski definition) is 4. The molecule has 0 fully saturated rings. The van der Waals surface area contributed by atoms with Crippen LogP contribution in [-0.2, 0) is 6.54 Å². The van der Waals surface area contributed by atoms with Crippen LogP contribution in [0.2, 0.25) is 0 Å². The predicted molar refractivity (Wildman–Crippen MR) is 68.7 cm³/mol. The molecule has 0 spiro atoms. The van der Waals surface area contributed by atoms with E-state index in [4.69, 9.17) is 5.73 Å². The molecular formula is C13H12F2N4O. The summed E-state index contributed by atoms with van der Waals surface area (Å²) in [6, 6.07) is 2.01. The molecule has 20 heavy (non-hydrogen) atoms. The lowest BCUT2D eigenvalue weighted by Crippen LogP contribution is -2.26. The minimum atomic E-state index is -1.07. The van der Waals surface area contributed by atoms with E-state index in [-0.39, 0.29) is 12.2 Å². The fourth-order valence-corrected chi connectivity index (χ4v) is 1.55. The third-order valence-electron chi connectivity index (χ3n) is 2.61. The Hall–Kier alpha value is -2.57. The minimum absolute atomic E-state index is 0.0137. The number of hydrogen-bond donors (Lipinski definition) is 2. The van der Waals surface area contributed by atoms with Gasteiger partial charge in [0.1, 0.15) is 11.4 Å². The van der Waals surface area contributed by atoms with Gasteiger partial charge in [0.05, 0.1) is 29.8 Å². The molecule has 1 aromatic heterocycles. The third-order valence-corrected chi connectivity index (χ3v) is 2.61. The summed E-state index contributed by atoms with van der Waals surface area (Å²) in [6.45, 7) is 1.78. The molecule has 7 heteroatoms. The Bertz CT molecular complexity index is 644. The molecule has 0 radical (unpaired) electrons. The first-order chi connectivity index (χ1) is 9.49. The Morgan fingerprint density at radius 1 is 1.30 bits per heavy atom. The highest BCUT2D eigenvalue weighted by atomic mass is 19.1. The zero-order valence-corrected chi connectivity index (χ0v) is 10.7. The van der Waals surface area contributed by atoms with Crippen molar-refractivity contribution < 1.29 is 13.6 Å². The van der Waals surface area contributed by atoms with Gasteiger partial charge in [0.25, 0.3) is 5.91 Å². The molecule has 0 bridgehead atoms. The Kier molecular flexibility index (Phi) is 3.88. The van der Waals surface area contributed by atoms with Gasteiger partial charge in [0, 0.05) is 6.20 Å². The van der Waals surface area contributed by atoms with Crippen LogP contribution in [0.5, 0.6) is 0 Å². The SMILES string of the molecule is Cc1cnc(CNC(=O)c2c(F)ccc(N)c2F)cn1. The summed E-state index contributed by atoms with van der Waals surface area (Å²) >= 11 is 0. The summed E-state index contributed by atoms with van der Waals surface area (Å²) in [5.74, 6) is -2.93. The largest absolute Gasteiger partial charge is 0.396 e. The number of halogens is 2. The molecule has 0 aliphatic rings. The predicted octanol–water partition coefficient (Wildman–Crippen LogP) is 1.58. The average molecular weight is 278 g/mol. The number of aryl methyl sites for hydroxylation is 1. The number of nitrogen functional groups attached to an aromatic ring is 1. The van der Waals surface area contributed by atoms with E-state index in [0.717, 1.165) is 17.8 Å². The first kappa shape index (κ1) is 13.9. The fourth-order valence-electron chi connectivity index (χ4n) is 1.55. The van der Waals surface area contributed by atoms with Gasteiger partial charge in [-0.15, -0.1) is 0 Å². The van der Waals surface area contributed by atoms with Crippen molar-refractivity contribution in [1.82, 2.24) is 15.3 Å². The maximum atomic E-state index is 13.6. The van der Waals surface area contributed by atoms with Crippen molar-refractivity contribution in [3.05, 3.63) is 53.1 Å². The Balaban J connectivity index is 2.13. The molecule has 0 aliphatic carbocycles. The van der Waals surface area contributed by atoms with Crippen LogP contribution in [0.1, 0.15) is 21.7 Å². The van der Waals surface area contributed by atoms with Crippen LogP contribution < -0.4 is 11.1 Å². The van der Waals surface area contributed by atoms with Gasteiger partial charge in [0.2, 0.25) is 0 Å². The molecule has 1 amide bonds. The molecule has 0 unspecified atom stereocenters. The monoisotopic (exact) mass is 278 g/mol. The number of nitrogens with two attached hydrogens (primary N) is 1. The van der Waals surface area contributed by atoms with E-state index in [1.807, 2.05) is 0 Å². The van der Waals surface area contributed by atoms with Crippen molar-refractivity contribution in [1.29, 1.82) is 0 Å². The Morgan fingerprint density at radius 3 is 2.70 bits per heavy atom. The van der Waals surface area contributed by atoms with Crippen LogP contribution in [0, 0.1) is 18.6 Å². The van der Waals surface area contributed by atoms with Crippen LogP contribution in [0.15, 0.2) is 24.5 Å². The summed E-state index contributed by atoms with van der Waals surface area (Å²) in [6.07, 6.45) is 3.00. The van der Waals surface area contributed by atoms with E-state index < -0.39 is 23.1 Å². The summed E-state index contributed by atoms with van der Waals surface area (Å²) in [5.41, 5.74) is 5.53. The minimum Gasteiger partial charge on any atom is -0.396 e. The maximum absolute atomic E-state index is 13.6. The van der Waals surface area contributed by atoms with Crippen LogP contribution >= 0.6 is 0 Å². The number of nitrogens with one attached hydrogen (secondary N) is 1. The highest BCUT2D eigenvalue weighted by molar-refractivity contribution is 5.95. The van der Waals surface area contributed by atoms with E-state index >= 15 is 0 Å². The molecule has 1 heterocycles. The fraction of sp³-hybridized carbons (Fsp3) is 0.154. The van der Waals surface area contributed by atoms with Gasteiger partial charge >= 0.3 is 0 Å². The van der Waals surface area contributed by atoms with Gasteiger partial charge < -0.3 is 11.1 Å². The van der Waals surface area contributed by atoms with Gasteiger partial charge in [-0.3, -0.25) is 14.8 Å². The van der Waals surface area contributed by atoms with Crippen molar-refractivity contribution in [2.75, 3.05) is 5.73 Å². The lowest BCUT2D eigenvalue weighted by atomic mass is 10.1. The molecule has 0 saturated heterocycles. The average Bonchev–Trinajstić information content (AvgIpc) is 2.43. The molecule has 0 atom stereocenters. The molecule has 3 N–H and O–H groups in total. The van der Waals surface area contributed by atoms with Crippen molar-refractivity contribution in [3.8, 4) is 0 Å². The molecule has 1 aromatic carbocycles. The van der Waals surface area contributed by atoms with E-state index in [9.17, 15) is 13.6 Å². The van der Waals surface area contributed by atoms with E-state index in [2.05, 4.69) is 15.3 Å². The van der Waals surface area contributed by atoms with Crippen molar-refractivity contribution in [2.45, 2.75) is 13.5 Å². The molecule has 0 saturated carbocycles. The number of anilines is 1. The van der Waals surface area contributed by atoms with Crippen LogP contribution in [-0.4, -0.2) is 15.9 Å². The molecule has 5 nitrogen and oxygen atoms in total. The second kappa shape index (κ2) is 5.60. The van der Waals surface area contributed by atoms with Crippen LogP contribution in [0.4, 0.5) is 14.5 Å². The zero-order valence-electron chi connectivity index (χ0n) is 10.7. The number of nitrogens with zero attached hydrogens (tertiary/aromatic N) is 2. The molecule has 2 aromatic rings. The molecule has 104 valence electrons. The summed E-state index contributed by atoms with van der Waals surface area (Å²) < 4.78 is 27.1. The lowest BCUT2D eigenvalue weighted by molar-refractivity contribution is 0.0942. The molecular weight excluding hydrogens is 266 g/mol. The summed E-state index contributed by atoms with van der Waals surface area (Å²) in [7, 11) is 0. The summed E-state index contributed by atoms with van der Waals surface area (Å²) in [4.78, 5) is 19.8. The van der Waals surface area contributed by atoms with Crippen molar-refractivity contribution >= 4 is 11.6 Å². The third kappa shape index (κ3) is 2.87. The lowest BCUT2D eigenvalue weighted by Gasteiger charge is -2.08. The second-order valence-corrected chi connectivity index (χ2v) is 4.16. The highest BCUT2D eigenvalue weighted by Crippen LogP contribution is 2.18. The number of aromatic nitrogens is 2. The smallest absolute Gasteiger partial charge is 0.257 e. The number of benzene rings is 1. The van der Waals surface area contributed by atoms with E-state index in [1.165, 1.54) is 12.4 Å². The summed E-state index contributed by atoms with van der Waals surface area (Å²) in [5, 5.41) is 2.37. The van der Waals surface area contributed by atoms with Crippen LogP contribution in [0.3, 0.4) is 0 Å². The number of amides is 1. The van der Waals surface area contributed by atoms with Gasteiger partial charge in [-0.2, -0.15) is 0 Å². The quantitative estimate of drug-likeness (QED) is 0.835. The Labute approximate surface area is 113 Å². The standard InChI is InChI=1S/C13H12F2N4O/c1-7-4-18-8(5-17-7)6-19-13(20)11-9(14)2-3-10(16)12(11)15/h2-5H,6,16H2,1H3,(H,19,20). The van der Waals surface area contributed by atoms with E-state index in [0.29, 0.717) is 5.69 Å². The number of carbonyl (C=O) groups excluding carboxylic acids is 1.